The highest BCUT2D eigenvalue weighted by Crippen LogP contribution is 2.30. The Balaban J connectivity index is 2.82. The molecule has 1 aromatic carbocycles. The van der Waals surface area contributed by atoms with Gasteiger partial charge in [0.05, 0.1) is 11.8 Å². The van der Waals surface area contributed by atoms with Crippen molar-refractivity contribution in [3.05, 3.63) is 28.2 Å². The number of hydrogen-bond acceptors (Lipinski definition) is 5. The Hall–Kier alpha value is -1.60. The smallest absolute Gasteiger partial charge is 0.412 e. The van der Waals surface area contributed by atoms with Crippen LogP contribution in [0.1, 0.15) is 66.1 Å². The van der Waals surface area contributed by atoms with Gasteiger partial charge in [0, 0.05) is 16.5 Å². The number of carbonyl (C=O) groups is 2. The third kappa shape index (κ3) is 8.67. The fraction of sp³-hybridized carbons (Fsp3) is 0.579. The molecule has 0 radical (unpaired) electrons. The van der Waals surface area contributed by atoms with Crippen LogP contribution in [0.3, 0.4) is 0 Å². The van der Waals surface area contributed by atoms with Crippen LogP contribution in [0.15, 0.2) is 22.7 Å². The Kier molecular flexibility index (Phi) is 7.65. The zero-order valence-corrected chi connectivity index (χ0v) is 17.8. The Bertz CT molecular complexity index is 646. The Morgan fingerprint density at radius 3 is 2.23 bits per heavy atom. The van der Waals surface area contributed by atoms with Crippen molar-refractivity contribution in [2.75, 3.05) is 5.32 Å². The van der Waals surface area contributed by atoms with Gasteiger partial charge in [-0.2, -0.15) is 0 Å². The summed E-state index contributed by atoms with van der Waals surface area (Å²) in [5.74, 6) is -0.379. The van der Waals surface area contributed by atoms with Gasteiger partial charge in [-0.15, -0.1) is 0 Å². The fourth-order valence-corrected chi connectivity index (χ4v) is 2.50. The summed E-state index contributed by atoms with van der Waals surface area (Å²) < 4.78 is 11.2. The van der Waals surface area contributed by atoms with Crippen LogP contribution >= 0.6 is 15.9 Å². The highest BCUT2D eigenvalue weighted by molar-refractivity contribution is 9.10. The molecule has 0 spiro atoms. The van der Waals surface area contributed by atoms with Crippen LogP contribution in [-0.4, -0.2) is 28.4 Å². The minimum Gasteiger partial charge on any atom is -0.460 e. The number of halogens is 1. The first-order valence-corrected chi connectivity index (χ1v) is 9.25. The van der Waals surface area contributed by atoms with Crippen LogP contribution in [-0.2, 0) is 14.3 Å². The van der Waals surface area contributed by atoms with Gasteiger partial charge in [-0.1, -0.05) is 22.0 Å². The van der Waals surface area contributed by atoms with Crippen molar-refractivity contribution in [2.45, 2.75) is 71.7 Å². The number of aliphatic hydroxyl groups is 1. The summed E-state index contributed by atoms with van der Waals surface area (Å²) in [6.07, 6.45) is -1.29. The van der Waals surface area contributed by atoms with Crippen LogP contribution < -0.4 is 5.32 Å². The van der Waals surface area contributed by atoms with E-state index in [2.05, 4.69) is 21.2 Å². The van der Waals surface area contributed by atoms with Crippen molar-refractivity contribution in [3.8, 4) is 0 Å². The molecular weight excluding hydrogens is 402 g/mol. The van der Waals surface area contributed by atoms with Crippen LogP contribution in [0.2, 0.25) is 0 Å². The number of nitrogens with one attached hydrogen (secondary N) is 1. The molecule has 0 aliphatic rings. The minimum atomic E-state index is -0.930. The van der Waals surface area contributed by atoms with Crippen molar-refractivity contribution in [1.29, 1.82) is 0 Å². The lowest BCUT2D eigenvalue weighted by atomic mass is 10.0. The third-order valence-corrected chi connectivity index (χ3v) is 3.55. The van der Waals surface area contributed by atoms with Crippen LogP contribution in [0.4, 0.5) is 10.5 Å². The predicted octanol–water partition coefficient (Wildman–Crippen LogP) is 4.95. The molecule has 1 aromatic rings. The normalized spacial score (nSPS) is 13.1. The number of aliphatic hydroxyl groups excluding tert-OH is 1. The number of rotatable bonds is 5. The van der Waals surface area contributed by atoms with Crippen molar-refractivity contribution in [1.82, 2.24) is 0 Å². The van der Waals surface area contributed by atoms with Gasteiger partial charge in [0.15, 0.2) is 0 Å². The minimum absolute atomic E-state index is 0.0698. The Morgan fingerprint density at radius 1 is 1.12 bits per heavy atom. The summed E-state index contributed by atoms with van der Waals surface area (Å²) >= 11 is 3.34. The van der Waals surface area contributed by atoms with Crippen molar-refractivity contribution in [3.63, 3.8) is 0 Å². The van der Waals surface area contributed by atoms with E-state index in [1.807, 2.05) is 0 Å². The zero-order chi connectivity index (χ0) is 20.1. The molecule has 7 heteroatoms. The van der Waals surface area contributed by atoms with Gasteiger partial charge in [0.25, 0.3) is 0 Å². The average Bonchev–Trinajstić information content (AvgIpc) is 2.41. The molecule has 0 aliphatic carbocycles. The molecule has 1 atom stereocenters. The summed E-state index contributed by atoms with van der Waals surface area (Å²) in [5, 5.41) is 13.1. The second kappa shape index (κ2) is 8.86. The van der Waals surface area contributed by atoms with Crippen LogP contribution in [0.25, 0.3) is 0 Å². The largest absolute Gasteiger partial charge is 0.460 e. The van der Waals surface area contributed by atoms with Gasteiger partial charge in [-0.05, 0) is 60.1 Å². The molecule has 0 bridgehead atoms. The van der Waals surface area contributed by atoms with Gasteiger partial charge in [-0.25, -0.2) is 4.79 Å². The quantitative estimate of drug-likeness (QED) is 0.646. The van der Waals surface area contributed by atoms with Crippen molar-refractivity contribution >= 4 is 33.7 Å². The molecule has 26 heavy (non-hydrogen) atoms. The second-order valence-corrected chi connectivity index (χ2v) is 8.92. The van der Waals surface area contributed by atoms with E-state index in [1.165, 1.54) is 0 Å². The van der Waals surface area contributed by atoms with Gasteiger partial charge in [0.2, 0.25) is 0 Å². The maximum absolute atomic E-state index is 12.0. The second-order valence-electron chi connectivity index (χ2n) is 8.00. The highest BCUT2D eigenvalue weighted by atomic mass is 79.9. The molecule has 0 saturated carbocycles. The molecule has 0 heterocycles. The van der Waals surface area contributed by atoms with E-state index in [9.17, 15) is 14.7 Å². The Labute approximate surface area is 163 Å². The van der Waals surface area contributed by atoms with Gasteiger partial charge in [-0.3, -0.25) is 10.1 Å². The number of hydrogen-bond donors (Lipinski definition) is 2. The molecule has 1 rings (SSSR count). The van der Waals surface area contributed by atoms with Gasteiger partial charge < -0.3 is 14.6 Å². The summed E-state index contributed by atoms with van der Waals surface area (Å²) in [5.41, 5.74) is -0.276. The summed E-state index contributed by atoms with van der Waals surface area (Å²) in [7, 11) is 0. The van der Waals surface area contributed by atoms with E-state index >= 15 is 0 Å². The summed E-state index contributed by atoms with van der Waals surface area (Å²) in [4.78, 5) is 23.9. The summed E-state index contributed by atoms with van der Waals surface area (Å²) in [6, 6.07) is 5.12. The highest BCUT2D eigenvalue weighted by Gasteiger charge is 2.21. The number of esters is 1. The fourth-order valence-electron chi connectivity index (χ4n) is 2.14. The maximum atomic E-state index is 12.0. The maximum Gasteiger partial charge on any atom is 0.412 e. The van der Waals surface area contributed by atoms with E-state index in [4.69, 9.17) is 9.47 Å². The first kappa shape index (κ1) is 22.4. The van der Waals surface area contributed by atoms with E-state index in [0.29, 0.717) is 11.3 Å². The van der Waals surface area contributed by atoms with E-state index in [1.54, 1.807) is 59.7 Å². The van der Waals surface area contributed by atoms with Crippen LogP contribution in [0.5, 0.6) is 0 Å². The van der Waals surface area contributed by atoms with Gasteiger partial charge in [0.1, 0.15) is 11.2 Å². The third-order valence-electron chi connectivity index (χ3n) is 3.05. The molecule has 2 N–H and O–H groups in total. The Morgan fingerprint density at radius 2 is 1.69 bits per heavy atom. The SMILES string of the molecule is CC(C)(C)OC(=O)CCC(O)c1ccc(Br)cc1NC(=O)OC(C)(C)C. The molecule has 0 aliphatic heterocycles. The molecule has 6 nitrogen and oxygen atoms in total. The number of carbonyl (C=O) groups excluding carboxylic acids is 2. The first-order valence-electron chi connectivity index (χ1n) is 8.46. The molecular formula is C19H28BrNO5. The molecule has 146 valence electrons. The molecule has 0 fully saturated rings. The van der Waals surface area contributed by atoms with Gasteiger partial charge >= 0.3 is 12.1 Å². The first-order chi connectivity index (χ1) is 11.8. The van der Waals surface area contributed by atoms with E-state index < -0.39 is 23.4 Å². The zero-order valence-electron chi connectivity index (χ0n) is 16.2. The van der Waals surface area contributed by atoms with Crippen molar-refractivity contribution in [2.24, 2.45) is 0 Å². The lowest BCUT2D eigenvalue weighted by Gasteiger charge is -2.22. The predicted molar refractivity (Wildman–Crippen MR) is 104 cm³/mol. The van der Waals surface area contributed by atoms with Crippen molar-refractivity contribution < 1.29 is 24.2 Å². The summed E-state index contributed by atoms with van der Waals surface area (Å²) in [6.45, 7) is 10.7. The topological polar surface area (TPSA) is 84.9 Å². The van der Waals surface area contributed by atoms with E-state index in [0.717, 1.165) is 4.47 Å². The monoisotopic (exact) mass is 429 g/mol. The number of anilines is 1. The molecule has 0 saturated heterocycles. The number of benzene rings is 1. The average molecular weight is 430 g/mol. The lowest BCUT2D eigenvalue weighted by Crippen LogP contribution is -2.27. The molecule has 0 aromatic heterocycles. The molecule has 1 unspecified atom stereocenters. The number of amides is 1. The van der Waals surface area contributed by atoms with E-state index in [-0.39, 0.29) is 18.8 Å². The molecule has 1 amide bonds. The lowest BCUT2D eigenvalue weighted by molar-refractivity contribution is -0.155. The number of ether oxygens (including phenoxy) is 2. The van der Waals surface area contributed by atoms with Crippen LogP contribution in [0, 0.1) is 0 Å². The standard InChI is InChI=1S/C19H28BrNO5/c1-18(2,3)25-16(23)10-9-15(22)13-8-7-12(20)11-14(13)21-17(24)26-19(4,5)6/h7-8,11,15,22H,9-10H2,1-6H3,(H,21,24).